The largest absolute Gasteiger partial charge is 0.467 e. The second-order valence-corrected chi connectivity index (χ2v) is 5.21. The van der Waals surface area contributed by atoms with Gasteiger partial charge in [0.15, 0.2) is 0 Å². The summed E-state index contributed by atoms with van der Waals surface area (Å²) in [7, 11) is 1.23. The van der Waals surface area contributed by atoms with Crippen molar-refractivity contribution in [2.24, 2.45) is 4.58 Å². The van der Waals surface area contributed by atoms with Crippen LogP contribution in [0.1, 0.15) is 13.8 Å². The Morgan fingerprint density at radius 2 is 2.00 bits per heavy atom. The first-order valence-corrected chi connectivity index (χ1v) is 5.60. The number of hydrogen-bond donors (Lipinski definition) is 1. The monoisotopic (exact) mass is 264 g/mol. The van der Waals surface area contributed by atoms with Crippen LogP contribution >= 0.6 is 11.9 Å². The Morgan fingerprint density at radius 1 is 1.35 bits per heavy atom. The predicted molar refractivity (Wildman–Crippen MR) is 63.3 cm³/mol. The summed E-state index contributed by atoms with van der Waals surface area (Å²) in [6.45, 7) is 3.33. The summed E-state index contributed by atoms with van der Waals surface area (Å²) in [6.07, 6.45) is 0. The van der Waals surface area contributed by atoms with E-state index in [1.807, 2.05) is 0 Å². The summed E-state index contributed by atoms with van der Waals surface area (Å²) in [4.78, 5) is 32.0. The molecule has 0 fully saturated rings. The fourth-order valence-corrected chi connectivity index (χ4v) is 1.12. The summed E-state index contributed by atoms with van der Waals surface area (Å²) in [6, 6.07) is 0. The van der Waals surface area contributed by atoms with Crippen molar-refractivity contribution in [1.29, 1.82) is 0 Å². The zero-order chi connectivity index (χ0) is 13.3. The molecule has 0 saturated carbocycles. The van der Waals surface area contributed by atoms with Gasteiger partial charge in [0.2, 0.25) is 5.91 Å². The van der Waals surface area contributed by atoms with Gasteiger partial charge in [-0.1, -0.05) is 0 Å². The molecule has 98 valence electrons. The number of nitrogens with one attached hydrogen (secondary N) is 1. The number of carbonyl (C=O) groups is 2. The van der Waals surface area contributed by atoms with Crippen LogP contribution in [0.15, 0.2) is 4.58 Å². The van der Waals surface area contributed by atoms with Crippen LogP contribution in [0.4, 0.5) is 0 Å². The quantitative estimate of drug-likeness (QED) is 0.389. The van der Waals surface area contributed by atoms with Crippen molar-refractivity contribution in [3.63, 3.8) is 0 Å². The molecule has 8 heteroatoms. The van der Waals surface area contributed by atoms with Gasteiger partial charge >= 0.3 is 5.97 Å². The molecule has 1 N–H and O–H groups in total. The van der Waals surface area contributed by atoms with Crippen molar-refractivity contribution in [2.75, 3.05) is 26.9 Å². The Hall–Kier alpha value is -1.15. The molecule has 0 radical (unpaired) electrons. The highest BCUT2D eigenvalue weighted by Crippen LogP contribution is 2.23. The third-order valence-electron chi connectivity index (χ3n) is 1.68. The van der Waals surface area contributed by atoms with Gasteiger partial charge in [0.25, 0.3) is 0 Å². The van der Waals surface area contributed by atoms with E-state index in [1.54, 1.807) is 13.8 Å². The van der Waals surface area contributed by atoms with E-state index < -0.39 is 10.7 Å². The van der Waals surface area contributed by atoms with Crippen LogP contribution in [0.25, 0.3) is 0 Å². The normalized spacial score (nSPS) is 10.8. The molecular weight excluding hydrogens is 248 g/mol. The Morgan fingerprint density at radius 3 is 2.53 bits per heavy atom. The minimum Gasteiger partial charge on any atom is -0.467 e. The lowest BCUT2D eigenvalue weighted by Crippen LogP contribution is -2.38. The highest BCUT2D eigenvalue weighted by Gasteiger charge is 2.20. The number of esters is 1. The SMILES string of the molecule is COC(=O)COCC(=O)NCC(C)(C)SN=O. The zero-order valence-corrected chi connectivity index (χ0v) is 10.8. The number of hydrogen-bond acceptors (Lipinski definition) is 7. The van der Waals surface area contributed by atoms with E-state index >= 15 is 0 Å². The zero-order valence-electron chi connectivity index (χ0n) is 10.0. The van der Waals surface area contributed by atoms with Crippen LogP contribution in [0.2, 0.25) is 0 Å². The van der Waals surface area contributed by atoms with Gasteiger partial charge in [-0.15, -0.1) is 4.91 Å². The number of methoxy groups -OCH3 is 1. The minimum absolute atomic E-state index is 0.232. The number of amides is 1. The van der Waals surface area contributed by atoms with Gasteiger partial charge in [-0.25, -0.2) is 4.79 Å². The van der Waals surface area contributed by atoms with Gasteiger partial charge < -0.3 is 14.8 Å². The summed E-state index contributed by atoms with van der Waals surface area (Å²) in [5, 5.41) is 2.56. The van der Waals surface area contributed by atoms with E-state index in [2.05, 4.69) is 14.6 Å². The fraction of sp³-hybridized carbons (Fsp3) is 0.778. The van der Waals surface area contributed by atoms with Gasteiger partial charge in [-0.2, -0.15) is 0 Å². The molecule has 0 aromatic rings. The number of nitrogens with zero attached hydrogens (tertiary/aromatic N) is 1. The van der Waals surface area contributed by atoms with E-state index in [1.165, 1.54) is 7.11 Å². The summed E-state index contributed by atoms with van der Waals surface area (Å²) in [5.74, 6) is -0.910. The van der Waals surface area contributed by atoms with Crippen LogP contribution < -0.4 is 5.32 Å². The van der Waals surface area contributed by atoms with E-state index in [4.69, 9.17) is 4.74 Å². The molecule has 1 amide bonds. The molecule has 0 aliphatic rings. The Labute approximate surface area is 104 Å². The maximum absolute atomic E-state index is 11.3. The first-order chi connectivity index (χ1) is 7.91. The van der Waals surface area contributed by atoms with Gasteiger partial charge in [0.1, 0.15) is 13.2 Å². The van der Waals surface area contributed by atoms with E-state index in [0.29, 0.717) is 0 Å². The standard InChI is InChI=1S/C9H16N2O5S/c1-9(2,17-11-14)6-10-7(12)4-16-5-8(13)15-3/h4-6H2,1-3H3,(H,10,12). The van der Waals surface area contributed by atoms with Gasteiger partial charge in [-0.05, 0) is 13.8 Å². The van der Waals surface area contributed by atoms with Gasteiger partial charge in [0, 0.05) is 23.1 Å². The molecule has 0 saturated heterocycles. The number of ether oxygens (including phenoxy) is 2. The molecule has 0 spiro atoms. The third kappa shape index (κ3) is 8.64. The van der Waals surface area contributed by atoms with Crippen LogP contribution in [-0.2, 0) is 19.1 Å². The topological polar surface area (TPSA) is 94.1 Å². The summed E-state index contributed by atoms with van der Waals surface area (Å²) < 4.78 is 11.4. The maximum atomic E-state index is 11.3. The van der Waals surface area contributed by atoms with Crippen LogP contribution in [0.3, 0.4) is 0 Å². The highest BCUT2D eigenvalue weighted by atomic mass is 32.2. The van der Waals surface area contributed by atoms with Crippen LogP contribution in [0.5, 0.6) is 0 Å². The fourth-order valence-electron chi connectivity index (χ4n) is 0.782. The van der Waals surface area contributed by atoms with Crippen molar-refractivity contribution >= 4 is 23.8 Å². The second-order valence-electron chi connectivity index (χ2n) is 3.77. The molecule has 0 unspecified atom stereocenters. The average molecular weight is 264 g/mol. The lowest BCUT2D eigenvalue weighted by atomic mass is 10.2. The molecular formula is C9H16N2O5S. The molecule has 0 heterocycles. The number of carbonyl (C=O) groups excluding carboxylic acids is 2. The molecule has 0 aromatic carbocycles. The molecule has 0 bridgehead atoms. The minimum atomic E-state index is -0.543. The van der Waals surface area contributed by atoms with Crippen molar-refractivity contribution in [1.82, 2.24) is 5.32 Å². The first-order valence-electron chi connectivity index (χ1n) is 4.83. The van der Waals surface area contributed by atoms with E-state index in [-0.39, 0.29) is 25.7 Å². The number of nitroso groups, excluding NO2 is 1. The Kier molecular flexibility index (Phi) is 7.47. The third-order valence-corrected chi connectivity index (χ3v) is 2.39. The Balaban J connectivity index is 3.73. The van der Waals surface area contributed by atoms with Crippen LogP contribution in [-0.4, -0.2) is 43.5 Å². The van der Waals surface area contributed by atoms with Gasteiger partial charge in [0.05, 0.1) is 11.9 Å². The predicted octanol–water partition coefficient (Wildman–Crippen LogP) is 0.485. The van der Waals surface area contributed by atoms with E-state index in [9.17, 15) is 14.5 Å². The lowest BCUT2D eigenvalue weighted by molar-refractivity contribution is -0.147. The average Bonchev–Trinajstić information content (AvgIpc) is 2.26. The molecule has 0 aromatic heterocycles. The lowest BCUT2D eigenvalue weighted by Gasteiger charge is -2.19. The molecule has 0 rings (SSSR count). The summed E-state index contributed by atoms with van der Waals surface area (Å²) in [5.41, 5.74) is 0. The first kappa shape index (κ1) is 15.9. The molecule has 0 aliphatic carbocycles. The highest BCUT2D eigenvalue weighted by molar-refractivity contribution is 7.99. The van der Waals surface area contributed by atoms with Crippen LogP contribution in [0, 0.1) is 4.91 Å². The smallest absolute Gasteiger partial charge is 0.331 e. The van der Waals surface area contributed by atoms with Crippen molar-refractivity contribution in [3.8, 4) is 0 Å². The van der Waals surface area contributed by atoms with Gasteiger partial charge in [-0.3, -0.25) is 4.79 Å². The maximum Gasteiger partial charge on any atom is 0.331 e. The molecule has 17 heavy (non-hydrogen) atoms. The number of rotatable bonds is 8. The summed E-state index contributed by atoms with van der Waals surface area (Å²) >= 11 is 0.848. The molecule has 0 aliphatic heterocycles. The van der Waals surface area contributed by atoms with Crippen molar-refractivity contribution in [3.05, 3.63) is 4.91 Å². The molecule has 0 atom stereocenters. The second kappa shape index (κ2) is 8.02. The Bertz CT molecular complexity index is 283. The van der Waals surface area contributed by atoms with E-state index in [0.717, 1.165) is 11.9 Å². The van der Waals surface area contributed by atoms with Crippen molar-refractivity contribution in [2.45, 2.75) is 18.6 Å². The molecule has 7 nitrogen and oxygen atoms in total. The van der Waals surface area contributed by atoms with Crippen molar-refractivity contribution < 1.29 is 19.1 Å².